The molecule has 20 heavy (non-hydrogen) atoms. The fraction of sp³-hybridized carbons (Fsp3) is 0.500. The van der Waals surface area contributed by atoms with Crippen molar-refractivity contribution in [2.24, 2.45) is 0 Å². The van der Waals surface area contributed by atoms with Gasteiger partial charge in [-0.15, -0.1) is 0 Å². The minimum absolute atomic E-state index is 0.0481. The molecule has 0 aromatic heterocycles. The van der Waals surface area contributed by atoms with Crippen LogP contribution in [0.2, 0.25) is 0 Å². The van der Waals surface area contributed by atoms with Crippen LogP contribution in [0.15, 0.2) is 24.3 Å². The summed E-state index contributed by atoms with van der Waals surface area (Å²) in [6, 6.07) is 7.67. The lowest BCUT2D eigenvalue weighted by molar-refractivity contribution is -0.140. The first kappa shape index (κ1) is 14.7. The molecule has 0 spiro atoms. The van der Waals surface area contributed by atoms with Crippen molar-refractivity contribution in [1.82, 2.24) is 4.90 Å². The Morgan fingerprint density at radius 1 is 1.10 bits per heavy atom. The number of benzene rings is 1. The van der Waals surface area contributed by atoms with E-state index in [9.17, 15) is 14.7 Å². The molecule has 1 aromatic rings. The van der Waals surface area contributed by atoms with Gasteiger partial charge in [-0.1, -0.05) is 45.0 Å². The fourth-order valence-electron chi connectivity index (χ4n) is 2.31. The van der Waals surface area contributed by atoms with Crippen molar-refractivity contribution in [3.8, 4) is 0 Å². The lowest BCUT2D eigenvalue weighted by Gasteiger charge is -2.21. The van der Waals surface area contributed by atoms with Crippen molar-refractivity contribution < 1.29 is 14.7 Å². The SMILES string of the molecule is CC(C)(C)c1ccc(C(O)CN2C(=O)CCC2=O)cc1. The highest BCUT2D eigenvalue weighted by Gasteiger charge is 2.30. The molecule has 1 heterocycles. The van der Waals surface area contributed by atoms with Crippen LogP contribution in [0.5, 0.6) is 0 Å². The number of carbonyl (C=O) groups is 2. The molecule has 1 aliphatic rings. The zero-order valence-electron chi connectivity index (χ0n) is 12.2. The average molecular weight is 275 g/mol. The van der Waals surface area contributed by atoms with E-state index in [1.807, 2.05) is 24.3 Å². The Hall–Kier alpha value is -1.68. The summed E-state index contributed by atoms with van der Waals surface area (Å²) in [5.74, 6) is -0.388. The molecule has 1 atom stereocenters. The van der Waals surface area contributed by atoms with Crippen molar-refractivity contribution in [1.29, 1.82) is 0 Å². The Morgan fingerprint density at radius 2 is 1.60 bits per heavy atom. The van der Waals surface area contributed by atoms with E-state index in [0.29, 0.717) is 0 Å². The molecular formula is C16H21NO3. The van der Waals surface area contributed by atoms with Crippen molar-refractivity contribution in [3.05, 3.63) is 35.4 Å². The minimum Gasteiger partial charge on any atom is -0.387 e. The number of carbonyl (C=O) groups excluding carboxylic acids is 2. The molecule has 2 rings (SSSR count). The predicted octanol–water partition coefficient (Wildman–Crippen LogP) is 2.17. The number of β-amino-alcohol motifs (C(OH)–C–C–N with tert-alkyl or cyclic N) is 1. The van der Waals surface area contributed by atoms with Gasteiger partial charge >= 0.3 is 0 Å². The van der Waals surface area contributed by atoms with Gasteiger partial charge in [0.25, 0.3) is 0 Å². The summed E-state index contributed by atoms with van der Waals surface area (Å²) in [6.07, 6.45) is -0.307. The van der Waals surface area contributed by atoms with Gasteiger partial charge in [0, 0.05) is 12.8 Å². The van der Waals surface area contributed by atoms with Crippen LogP contribution in [0.4, 0.5) is 0 Å². The van der Waals surface area contributed by atoms with Gasteiger partial charge in [-0.05, 0) is 16.5 Å². The van der Waals surface area contributed by atoms with Crippen LogP contribution >= 0.6 is 0 Å². The summed E-state index contributed by atoms with van der Waals surface area (Å²) in [4.78, 5) is 24.2. The number of hydrogen-bond donors (Lipinski definition) is 1. The Labute approximate surface area is 119 Å². The highest BCUT2D eigenvalue weighted by Crippen LogP contribution is 2.25. The van der Waals surface area contributed by atoms with Gasteiger partial charge < -0.3 is 5.11 Å². The predicted molar refractivity (Wildman–Crippen MR) is 76.1 cm³/mol. The number of nitrogens with zero attached hydrogens (tertiary/aromatic N) is 1. The summed E-state index contributed by atoms with van der Waals surface area (Å²) in [7, 11) is 0. The summed E-state index contributed by atoms with van der Waals surface area (Å²) in [5.41, 5.74) is 1.97. The first-order valence-corrected chi connectivity index (χ1v) is 6.91. The van der Waals surface area contributed by atoms with Crippen LogP contribution < -0.4 is 0 Å². The van der Waals surface area contributed by atoms with Gasteiger partial charge in [0.15, 0.2) is 0 Å². The Balaban J connectivity index is 2.08. The molecule has 0 saturated carbocycles. The Bertz CT molecular complexity index is 498. The molecule has 1 N–H and O–H groups in total. The van der Waals surface area contributed by atoms with Crippen molar-refractivity contribution in [3.63, 3.8) is 0 Å². The maximum Gasteiger partial charge on any atom is 0.229 e. The maximum atomic E-state index is 11.5. The van der Waals surface area contributed by atoms with Gasteiger partial charge in [0.2, 0.25) is 11.8 Å². The van der Waals surface area contributed by atoms with E-state index in [-0.39, 0.29) is 36.6 Å². The van der Waals surface area contributed by atoms with E-state index < -0.39 is 6.10 Å². The molecule has 4 nitrogen and oxygen atoms in total. The Morgan fingerprint density at radius 3 is 2.05 bits per heavy atom. The van der Waals surface area contributed by atoms with E-state index in [1.165, 1.54) is 5.56 Å². The zero-order valence-corrected chi connectivity index (χ0v) is 12.2. The quantitative estimate of drug-likeness (QED) is 0.860. The Kier molecular flexibility index (Phi) is 3.95. The summed E-state index contributed by atoms with van der Waals surface area (Å²) >= 11 is 0. The molecule has 2 amide bonds. The molecule has 1 aliphatic heterocycles. The third-order valence-electron chi connectivity index (χ3n) is 3.67. The van der Waals surface area contributed by atoms with E-state index in [4.69, 9.17) is 0 Å². The first-order valence-electron chi connectivity index (χ1n) is 6.91. The molecule has 1 aromatic carbocycles. The van der Waals surface area contributed by atoms with Crippen molar-refractivity contribution in [2.45, 2.75) is 45.1 Å². The number of amides is 2. The topological polar surface area (TPSA) is 57.6 Å². The number of aliphatic hydroxyl groups is 1. The second-order valence-electron chi connectivity index (χ2n) is 6.29. The van der Waals surface area contributed by atoms with E-state index in [2.05, 4.69) is 20.8 Å². The number of imide groups is 1. The van der Waals surface area contributed by atoms with Crippen LogP contribution in [-0.4, -0.2) is 28.4 Å². The summed E-state index contributed by atoms with van der Waals surface area (Å²) < 4.78 is 0. The van der Waals surface area contributed by atoms with Crippen LogP contribution in [0.3, 0.4) is 0 Å². The smallest absolute Gasteiger partial charge is 0.229 e. The molecular weight excluding hydrogens is 254 g/mol. The molecule has 0 bridgehead atoms. The first-order chi connectivity index (χ1) is 9.29. The third kappa shape index (κ3) is 3.07. The van der Waals surface area contributed by atoms with Crippen molar-refractivity contribution >= 4 is 11.8 Å². The maximum absolute atomic E-state index is 11.5. The number of rotatable bonds is 3. The zero-order chi connectivity index (χ0) is 14.9. The van der Waals surface area contributed by atoms with Crippen LogP contribution in [0.1, 0.15) is 50.8 Å². The lowest BCUT2D eigenvalue weighted by Crippen LogP contribution is -2.33. The highest BCUT2D eigenvalue weighted by molar-refractivity contribution is 6.01. The van der Waals surface area contributed by atoms with E-state index >= 15 is 0 Å². The average Bonchev–Trinajstić information content (AvgIpc) is 2.69. The second kappa shape index (κ2) is 5.37. The van der Waals surface area contributed by atoms with Crippen molar-refractivity contribution in [2.75, 3.05) is 6.54 Å². The highest BCUT2D eigenvalue weighted by atomic mass is 16.3. The van der Waals surface area contributed by atoms with E-state index in [0.717, 1.165) is 10.5 Å². The molecule has 1 saturated heterocycles. The lowest BCUT2D eigenvalue weighted by atomic mass is 9.86. The van der Waals surface area contributed by atoms with Gasteiger partial charge in [-0.25, -0.2) is 0 Å². The van der Waals surface area contributed by atoms with Gasteiger partial charge in [0.1, 0.15) is 0 Å². The fourth-order valence-corrected chi connectivity index (χ4v) is 2.31. The second-order valence-corrected chi connectivity index (χ2v) is 6.29. The molecule has 0 radical (unpaired) electrons. The van der Waals surface area contributed by atoms with Gasteiger partial charge in [-0.2, -0.15) is 0 Å². The standard InChI is InChI=1S/C16H21NO3/c1-16(2,3)12-6-4-11(5-7-12)13(18)10-17-14(19)8-9-15(17)20/h4-7,13,18H,8-10H2,1-3H3. The third-order valence-corrected chi connectivity index (χ3v) is 3.67. The van der Waals surface area contributed by atoms with Gasteiger partial charge in [0.05, 0.1) is 12.6 Å². The molecule has 108 valence electrons. The monoisotopic (exact) mass is 275 g/mol. The van der Waals surface area contributed by atoms with E-state index in [1.54, 1.807) is 0 Å². The molecule has 1 unspecified atom stereocenters. The number of hydrogen-bond acceptors (Lipinski definition) is 3. The number of aliphatic hydroxyl groups excluding tert-OH is 1. The largest absolute Gasteiger partial charge is 0.387 e. The van der Waals surface area contributed by atoms with Gasteiger partial charge in [-0.3, -0.25) is 14.5 Å². The van der Waals surface area contributed by atoms with Crippen LogP contribution in [0.25, 0.3) is 0 Å². The minimum atomic E-state index is -0.824. The van der Waals surface area contributed by atoms with Crippen LogP contribution in [-0.2, 0) is 15.0 Å². The normalized spacial score (nSPS) is 17.7. The number of likely N-dealkylation sites (tertiary alicyclic amines) is 1. The summed E-state index contributed by atoms with van der Waals surface area (Å²) in [5, 5.41) is 10.2. The van der Waals surface area contributed by atoms with Crippen LogP contribution in [0, 0.1) is 0 Å². The molecule has 0 aliphatic carbocycles. The molecule has 4 heteroatoms. The summed E-state index contributed by atoms with van der Waals surface area (Å²) in [6.45, 7) is 6.42. The molecule has 1 fully saturated rings.